The highest BCUT2D eigenvalue weighted by molar-refractivity contribution is 7.34. The van der Waals surface area contributed by atoms with E-state index in [2.05, 4.69) is 9.73 Å². The Kier molecular flexibility index (Phi) is 9.33. The van der Waals surface area contributed by atoms with Gasteiger partial charge in [-0.3, -0.25) is 14.3 Å². The van der Waals surface area contributed by atoms with Crippen molar-refractivity contribution >= 4 is 20.4 Å². The monoisotopic (exact) mass is 450 g/mol. The van der Waals surface area contributed by atoms with Crippen molar-refractivity contribution in [3.63, 3.8) is 0 Å². The van der Waals surface area contributed by atoms with Crippen molar-refractivity contribution in [1.29, 1.82) is 0 Å². The highest BCUT2D eigenvalue weighted by atomic mass is 31.1. The van der Waals surface area contributed by atoms with E-state index in [0.29, 0.717) is 17.5 Å². The molecule has 0 fully saturated rings. The number of benzene rings is 1. The highest BCUT2D eigenvalue weighted by Gasteiger charge is 2.20. The van der Waals surface area contributed by atoms with Crippen LogP contribution in [0.1, 0.15) is 28.5 Å². The van der Waals surface area contributed by atoms with Crippen molar-refractivity contribution in [2.24, 2.45) is 4.74 Å². The Bertz CT molecular complexity index is 951. The number of rotatable bonds is 11. The first kappa shape index (κ1) is 24.2. The molecule has 10 nitrogen and oxygen atoms in total. The maximum absolute atomic E-state index is 12.2. The highest BCUT2D eigenvalue weighted by Crippen LogP contribution is 2.34. The van der Waals surface area contributed by atoms with Gasteiger partial charge in [-0.1, -0.05) is 16.9 Å². The first-order valence-electron chi connectivity index (χ1n) is 9.23. The van der Waals surface area contributed by atoms with Gasteiger partial charge in [0.2, 0.25) is 5.75 Å². The van der Waals surface area contributed by atoms with Crippen LogP contribution in [0.5, 0.6) is 17.2 Å². The number of carbonyl (C=O) groups is 2. The van der Waals surface area contributed by atoms with E-state index in [1.807, 2.05) is 0 Å². The van der Waals surface area contributed by atoms with Gasteiger partial charge in [0.05, 0.1) is 17.9 Å². The number of aromatic hydroxyl groups is 1. The average Bonchev–Trinajstić information content (AvgIpc) is 2.75. The molecule has 166 valence electrons. The summed E-state index contributed by atoms with van der Waals surface area (Å²) in [7, 11) is -1.12. The number of hydrogen-bond acceptors (Lipinski definition) is 10. The predicted molar refractivity (Wildman–Crippen MR) is 109 cm³/mol. The Morgan fingerprint density at radius 2 is 2.03 bits per heavy atom. The lowest BCUT2D eigenvalue weighted by Gasteiger charge is -2.12. The van der Waals surface area contributed by atoms with Crippen LogP contribution in [0, 0.1) is 6.92 Å². The van der Waals surface area contributed by atoms with Crippen LogP contribution in [0.3, 0.4) is 0 Å². The summed E-state index contributed by atoms with van der Waals surface area (Å²) in [6.45, 7) is 3.23. The number of aromatic nitrogens is 1. The van der Waals surface area contributed by atoms with Gasteiger partial charge in [-0.15, -0.1) is 0 Å². The molecule has 0 aliphatic rings. The zero-order valence-electron chi connectivity index (χ0n) is 17.3. The number of esters is 1. The summed E-state index contributed by atoms with van der Waals surface area (Å²) in [5.74, 6) is -0.506. The van der Waals surface area contributed by atoms with Crippen LogP contribution in [-0.2, 0) is 20.9 Å². The van der Waals surface area contributed by atoms with E-state index in [-0.39, 0.29) is 42.6 Å². The van der Waals surface area contributed by atoms with Crippen LogP contribution >= 0.6 is 8.17 Å². The predicted octanol–water partition coefficient (Wildman–Crippen LogP) is 2.30. The number of ether oxygens (including phenoxy) is 3. The van der Waals surface area contributed by atoms with E-state index in [1.165, 1.54) is 26.3 Å². The molecule has 2 rings (SSSR count). The lowest BCUT2D eigenvalue weighted by Crippen LogP contribution is -2.20. The molecule has 1 N–H and O–H groups in total. The van der Waals surface area contributed by atoms with Crippen molar-refractivity contribution in [3.8, 4) is 17.2 Å². The minimum Gasteiger partial charge on any atom is -0.575 e. The molecule has 1 aromatic heterocycles. The molecule has 1 heterocycles. The smallest absolute Gasteiger partial charge is 0.395 e. The van der Waals surface area contributed by atoms with E-state index in [9.17, 15) is 19.6 Å². The second-order valence-electron chi connectivity index (χ2n) is 6.27. The average molecular weight is 450 g/mol. The summed E-state index contributed by atoms with van der Waals surface area (Å²) >= 11 is 0. The zero-order valence-corrected chi connectivity index (χ0v) is 18.2. The number of carbonyl (C=O) groups excluding carboxylic acids is 2. The third-order valence-corrected chi connectivity index (χ3v) is 4.91. The maximum atomic E-state index is 12.2. The number of hydrogen-bond donors (Lipinski definition) is 1. The van der Waals surface area contributed by atoms with Crippen LogP contribution in [-0.4, -0.2) is 48.7 Å². The van der Waals surface area contributed by atoms with E-state index in [1.54, 1.807) is 25.1 Å². The van der Waals surface area contributed by atoms with Crippen molar-refractivity contribution < 1.29 is 38.3 Å². The summed E-state index contributed by atoms with van der Waals surface area (Å²) in [4.78, 5) is 39.4. The van der Waals surface area contributed by atoms with Gasteiger partial charge in [0, 0.05) is 18.9 Å². The molecule has 1 aromatic carbocycles. The normalized spacial score (nSPS) is 12.2. The van der Waals surface area contributed by atoms with Gasteiger partial charge in [-0.2, -0.15) is 0 Å². The SMILES string of the molecule is COCCOC(=O)C(C)N=[P+]([O-])Oc1ccccc1OCc1cnc(C)c(O)c1C=O. The van der Waals surface area contributed by atoms with Crippen molar-refractivity contribution in [2.45, 2.75) is 26.5 Å². The number of aryl methyl sites for hydroxylation is 1. The Labute approximate surface area is 180 Å². The van der Waals surface area contributed by atoms with Gasteiger partial charge in [0.15, 0.2) is 18.1 Å². The van der Waals surface area contributed by atoms with Crippen molar-refractivity contribution in [3.05, 3.63) is 47.3 Å². The Morgan fingerprint density at radius 1 is 1.32 bits per heavy atom. The molecule has 11 heteroatoms. The molecule has 31 heavy (non-hydrogen) atoms. The minimum atomic E-state index is -2.59. The molecule has 0 aliphatic heterocycles. The number of para-hydroxylation sites is 2. The summed E-state index contributed by atoms with van der Waals surface area (Å²) in [5.41, 5.74) is 0.769. The topological polar surface area (TPSA) is 140 Å². The van der Waals surface area contributed by atoms with E-state index < -0.39 is 20.2 Å². The molecule has 0 spiro atoms. The van der Waals surface area contributed by atoms with Crippen LogP contribution in [0.25, 0.3) is 0 Å². The molecule has 2 atom stereocenters. The van der Waals surface area contributed by atoms with Crippen LogP contribution in [0.2, 0.25) is 0 Å². The first-order valence-corrected chi connectivity index (χ1v) is 10.4. The van der Waals surface area contributed by atoms with Gasteiger partial charge in [-0.05, 0) is 26.0 Å². The third kappa shape index (κ3) is 6.99. The van der Waals surface area contributed by atoms with Crippen LogP contribution in [0.4, 0.5) is 0 Å². The standard InChI is InChI=1S/C20H23N2O8P/c1-13-19(24)16(11-23)15(10-21-13)12-29-17-6-4-5-7-18(17)30-31(26)22-14(2)20(25)28-9-8-27-3/h4-7,10-11,14,24H,8-9,12H2,1-3H3. The molecule has 0 saturated carbocycles. The third-order valence-electron chi connectivity index (χ3n) is 4.02. The van der Waals surface area contributed by atoms with E-state index >= 15 is 0 Å². The quantitative estimate of drug-likeness (QED) is 0.236. The summed E-state index contributed by atoms with van der Waals surface area (Å²) in [5, 5.41) is 9.98. The molecule has 2 unspecified atom stereocenters. The lowest BCUT2D eigenvalue weighted by atomic mass is 10.1. The second kappa shape index (κ2) is 11.9. The molecule has 0 bridgehead atoms. The van der Waals surface area contributed by atoms with Crippen molar-refractivity contribution in [2.75, 3.05) is 20.3 Å². The Balaban J connectivity index is 2.08. The van der Waals surface area contributed by atoms with Gasteiger partial charge in [0.1, 0.15) is 19.0 Å². The molecular weight excluding hydrogens is 427 g/mol. The summed E-state index contributed by atoms with van der Waals surface area (Å²) in [6, 6.07) is 5.41. The maximum Gasteiger partial charge on any atom is 0.395 e. The number of aldehydes is 1. The van der Waals surface area contributed by atoms with E-state index in [0.717, 1.165) is 0 Å². The first-order chi connectivity index (χ1) is 14.9. The fourth-order valence-corrected chi connectivity index (χ4v) is 3.09. The summed E-state index contributed by atoms with van der Waals surface area (Å²) in [6.07, 6.45) is 1.95. The number of pyridine rings is 1. The van der Waals surface area contributed by atoms with Gasteiger partial charge < -0.3 is 24.2 Å². The van der Waals surface area contributed by atoms with E-state index in [4.69, 9.17) is 18.7 Å². The largest absolute Gasteiger partial charge is 0.575 e. The molecule has 2 aromatic rings. The molecular formula is C20H23N2O8P. The van der Waals surface area contributed by atoms with Crippen molar-refractivity contribution in [1.82, 2.24) is 4.98 Å². The molecule has 0 aliphatic carbocycles. The summed E-state index contributed by atoms with van der Waals surface area (Å²) < 4.78 is 24.5. The van der Waals surface area contributed by atoms with Crippen LogP contribution in [0.15, 0.2) is 35.2 Å². The zero-order chi connectivity index (χ0) is 22.8. The molecule has 0 saturated heterocycles. The number of nitrogens with zero attached hydrogens (tertiary/aromatic N) is 2. The van der Waals surface area contributed by atoms with Gasteiger partial charge in [-0.25, -0.2) is 4.79 Å². The van der Waals surface area contributed by atoms with Gasteiger partial charge >= 0.3 is 14.1 Å². The number of methoxy groups -OCH3 is 1. The Hall–Kier alpha value is -3.07. The van der Waals surface area contributed by atoms with Gasteiger partial charge in [0.25, 0.3) is 0 Å². The molecule has 0 radical (unpaired) electrons. The second-order valence-corrected chi connectivity index (χ2v) is 7.15. The lowest BCUT2D eigenvalue weighted by molar-refractivity contribution is -0.169. The Morgan fingerprint density at radius 3 is 2.71 bits per heavy atom. The van der Waals surface area contributed by atoms with Crippen LogP contribution < -0.4 is 14.2 Å². The molecule has 0 amide bonds. The fraction of sp³-hybridized carbons (Fsp3) is 0.350. The fourth-order valence-electron chi connectivity index (χ4n) is 2.34. The minimum absolute atomic E-state index is 0.0652.